The minimum Gasteiger partial charge on any atom is -0.103 e. The standard InChI is InChI=1S/C21H39Br/c1-2-3-4-5-6-7-8-9-10-11-12-13-14-15-16-17-18-19-20-21-22/h2,20-21H,1,3-19H2/b21-20+. The van der Waals surface area contributed by atoms with E-state index in [1.54, 1.807) is 0 Å². The minimum atomic E-state index is 1.20. The molecule has 0 aliphatic heterocycles. The molecule has 0 atom stereocenters. The van der Waals surface area contributed by atoms with Crippen molar-refractivity contribution in [1.29, 1.82) is 0 Å². The number of hydrogen-bond acceptors (Lipinski definition) is 0. The first-order valence-electron chi connectivity index (χ1n) is 9.78. The van der Waals surface area contributed by atoms with E-state index in [9.17, 15) is 0 Å². The zero-order chi connectivity index (χ0) is 16.1. The predicted octanol–water partition coefficient (Wildman–Crippen LogP) is 8.71. The average molecular weight is 371 g/mol. The Morgan fingerprint density at radius 2 is 0.818 bits per heavy atom. The van der Waals surface area contributed by atoms with Crippen LogP contribution in [-0.2, 0) is 0 Å². The third-order valence-electron chi connectivity index (χ3n) is 4.37. The third kappa shape index (κ3) is 20.0. The van der Waals surface area contributed by atoms with Gasteiger partial charge in [-0.05, 0) is 30.7 Å². The summed E-state index contributed by atoms with van der Waals surface area (Å²) in [5.74, 6) is 0. The van der Waals surface area contributed by atoms with Crippen molar-refractivity contribution < 1.29 is 0 Å². The molecular formula is C21H39Br. The van der Waals surface area contributed by atoms with Gasteiger partial charge in [-0.1, -0.05) is 112 Å². The molecule has 0 aliphatic rings. The van der Waals surface area contributed by atoms with Crippen molar-refractivity contribution in [1.82, 2.24) is 0 Å². The Hall–Kier alpha value is -0.0400. The summed E-state index contributed by atoms with van der Waals surface area (Å²) in [4.78, 5) is 1.98. The molecule has 0 saturated heterocycles. The van der Waals surface area contributed by atoms with Gasteiger partial charge in [-0.25, -0.2) is 0 Å². The summed E-state index contributed by atoms with van der Waals surface area (Å²) in [6.45, 7) is 3.77. The Morgan fingerprint density at radius 3 is 1.14 bits per heavy atom. The summed E-state index contributed by atoms with van der Waals surface area (Å²) in [7, 11) is 0. The van der Waals surface area contributed by atoms with Crippen LogP contribution in [0.4, 0.5) is 0 Å². The lowest BCUT2D eigenvalue weighted by atomic mass is 10.0. The van der Waals surface area contributed by atoms with Crippen LogP contribution in [0.3, 0.4) is 0 Å². The topological polar surface area (TPSA) is 0 Å². The van der Waals surface area contributed by atoms with Gasteiger partial charge in [0.05, 0.1) is 0 Å². The largest absolute Gasteiger partial charge is 0.103 e. The highest BCUT2D eigenvalue weighted by molar-refractivity contribution is 9.11. The summed E-state index contributed by atoms with van der Waals surface area (Å²) in [5.41, 5.74) is 0. The first kappa shape index (κ1) is 22.0. The van der Waals surface area contributed by atoms with Crippen molar-refractivity contribution in [3.05, 3.63) is 23.7 Å². The quantitative estimate of drug-likeness (QED) is 0.167. The fourth-order valence-electron chi connectivity index (χ4n) is 2.91. The summed E-state index contributed by atoms with van der Waals surface area (Å²) in [6.07, 6.45) is 28.2. The molecule has 0 aromatic heterocycles. The van der Waals surface area contributed by atoms with E-state index in [-0.39, 0.29) is 0 Å². The second-order valence-electron chi connectivity index (χ2n) is 6.53. The zero-order valence-electron chi connectivity index (χ0n) is 14.8. The molecule has 0 N–H and O–H groups in total. The van der Waals surface area contributed by atoms with Gasteiger partial charge in [0.15, 0.2) is 0 Å². The lowest BCUT2D eigenvalue weighted by Crippen LogP contribution is -1.83. The van der Waals surface area contributed by atoms with E-state index in [0.29, 0.717) is 0 Å². The molecule has 0 aromatic rings. The number of unbranched alkanes of at least 4 members (excludes halogenated alkanes) is 16. The van der Waals surface area contributed by atoms with Gasteiger partial charge < -0.3 is 0 Å². The third-order valence-corrected chi connectivity index (χ3v) is 4.74. The second-order valence-corrected chi connectivity index (χ2v) is 7.06. The van der Waals surface area contributed by atoms with Gasteiger partial charge in [0.25, 0.3) is 0 Å². The summed E-state index contributed by atoms with van der Waals surface area (Å²) in [6, 6.07) is 0. The van der Waals surface area contributed by atoms with Crippen molar-refractivity contribution in [2.75, 3.05) is 0 Å². The maximum Gasteiger partial charge on any atom is -0.0229 e. The fourth-order valence-corrected chi connectivity index (χ4v) is 3.18. The number of allylic oxidation sites excluding steroid dienone is 2. The Morgan fingerprint density at radius 1 is 0.500 bits per heavy atom. The van der Waals surface area contributed by atoms with Crippen LogP contribution in [0.1, 0.15) is 109 Å². The molecule has 0 heterocycles. The lowest BCUT2D eigenvalue weighted by Gasteiger charge is -2.03. The van der Waals surface area contributed by atoms with E-state index < -0.39 is 0 Å². The van der Waals surface area contributed by atoms with E-state index in [4.69, 9.17) is 0 Å². The maximum absolute atomic E-state index is 3.77. The van der Waals surface area contributed by atoms with Gasteiger partial charge in [0.1, 0.15) is 0 Å². The number of hydrogen-bond donors (Lipinski definition) is 0. The Kier molecular flexibility index (Phi) is 20.9. The molecule has 22 heavy (non-hydrogen) atoms. The molecule has 0 amide bonds. The van der Waals surface area contributed by atoms with Crippen LogP contribution in [0, 0.1) is 0 Å². The molecule has 0 rings (SSSR count). The van der Waals surface area contributed by atoms with Crippen molar-refractivity contribution >= 4 is 15.9 Å². The Bertz CT molecular complexity index is 232. The number of halogens is 1. The monoisotopic (exact) mass is 370 g/mol. The second kappa shape index (κ2) is 21.0. The minimum absolute atomic E-state index is 1.20. The average Bonchev–Trinajstić information content (AvgIpc) is 2.54. The molecule has 0 spiro atoms. The van der Waals surface area contributed by atoms with E-state index in [0.717, 1.165) is 0 Å². The molecule has 0 aromatic carbocycles. The van der Waals surface area contributed by atoms with Gasteiger partial charge in [0.2, 0.25) is 0 Å². The Balaban J connectivity index is 2.95. The van der Waals surface area contributed by atoms with Crippen LogP contribution < -0.4 is 0 Å². The van der Waals surface area contributed by atoms with E-state index in [1.165, 1.54) is 109 Å². The molecule has 1 heteroatoms. The summed E-state index contributed by atoms with van der Waals surface area (Å²) < 4.78 is 0. The van der Waals surface area contributed by atoms with Gasteiger partial charge in [-0.15, -0.1) is 6.58 Å². The van der Waals surface area contributed by atoms with E-state index in [2.05, 4.69) is 28.6 Å². The van der Waals surface area contributed by atoms with Crippen molar-refractivity contribution in [2.45, 2.75) is 109 Å². The first-order chi connectivity index (χ1) is 10.9. The van der Waals surface area contributed by atoms with Crippen LogP contribution in [0.15, 0.2) is 23.7 Å². The highest BCUT2D eigenvalue weighted by Crippen LogP contribution is 2.14. The molecule has 130 valence electrons. The van der Waals surface area contributed by atoms with E-state index >= 15 is 0 Å². The van der Waals surface area contributed by atoms with Gasteiger partial charge in [-0.3, -0.25) is 0 Å². The van der Waals surface area contributed by atoms with Gasteiger partial charge in [-0.2, -0.15) is 0 Å². The number of rotatable bonds is 18. The van der Waals surface area contributed by atoms with Crippen LogP contribution in [0.25, 0.3) is 0 Å². The molecule has 0 saturated carbocycles. The van der Waals surface area contributed by atoms with Crippen molar-refractivity contribution in [3.63, 3.8) is 0 Å². The molecular weight excluding hydrogens is 332 g/mol. The van der Waals surface area contributed by atoms with Gasteiger partial charge >= 0.3 is 0 Å². The van der Waals surface area contributed by atoms with Crippen molar-refractivity contribution in [3.8, 4) is 0 Å². The van der Waals surface area contributed by atoms with Gasteiger partial charge in [0, 0.05) is 0 Å². The molecule has 0 unspecified atom stereocenters. The molecule has 0 radical (unpaired) electrons. The first-order valence-corrected chi connectivity index (χ1v) is 10.7. The van der Waals surface area contributed by atoms with Crippen LogP contribution in [0.2, 0.25) is 0 Å². The predicted molar refractivity (Wildman–Crippen MR) is 107 cm³/mol. The molecule has 0 bridgehead atoms. The van der Waals surface area contributed by atoms with E-state index in [1.807, 2.05) is 11.1 Å². The smallest absolute Gasteiger partial charge is 0.0229 e. The molecule has 0 fully saturated rings. The highest BCUT2D eigenvalue weighted by atomic mass is 79.9. The van der Waals surface area contributed by atoms with Crippen LogP contribution >= 0.6 is 15.9 Å². The summed E-state index contributed by atoms with van der Waals surface area (Å²) in [5, 5.41) is 0. The Labute approximate surface area is 149 Å². The molecule has 0 aliphatic carbocycles. The highest BCUT2D eigenvalue weighted by Gasteiger charge is 1.94. The molecule has 0 nitrogen and oxygen atoms in total. The zero-order valence-corrected chi connectivity index (χ0v) is 16.4. The lowest BCUT2D eigenvalue weighted by molar-refractivity contribution is 0.531. The normalized spacial score (nSPS) is 11.3. The SMILES string of the molecule is C=CCCCCCCCCCCCCCCCCC/C=C/Br. The fraction of sp³-hybridized carbons (Fsp3) is 0.810. The maximum atomic E-state index is 3.77. The van der Waals surface area contributed by atoms with Crippen molar-refractivity contribution in [2.24, 2.45) is 0 Å². The van der Waals surface area contributed by atoms with Crippen LogP contribution in [-0.4, -0.2) is 0 Å². The summed E-state index contributed by atoms with van der Waals surface area (Å²) >= 11 is 3.32. The van der Waals surface area contributed by atoms with Crippen LogP contribution in [0.5, 0.6) is 0 Å².